The van der Waals surface area contributed by atoms with E-state index in [1.807, 2.05) is 49.4 Å². The molecular weight excluding hydrogens is 414 g/mol. The van der Waals surface area contributed by atoms with E-state index in [9.17, 15) is 9.90 Å². The molecule has 4 aromatic rings. The number of hydrogen-bond acceptors (Lipinski definition) is 6. The van der Waals surface area contributed by atoms with Crippen LogP contribution in [0.25, 0.3) is 16.5 Å². The van der Waals surface area contributed by atoms with E-state index < -0.39 is 11.2 Å². The summed E-state index contributed by atoms with van der Waals surface area (Å²) in [6, 6.07) is 20.7. The van der Waals surface area contributed by atoms with Gasteiger partial charge in [0.05, 0.1) is 17.6 Å². The number of rotatable bonds is 7. The Bertz CT molecular complexity index is 1200. The highest BCUT2D eigenvalue weighted by atomic mass is 32.2. The first-order valence-electron chi connectivity index (χ1n) is 9.79. The Labute approximate surface area is 183 Å². The molecule has 0 fully saturated rings. The normalized spacial score (nSPS) is 11.9. The third-order valence-corrected chi connectivity index (χ3v) is 6.25. The highest BCUT2D eigenvalue weighted by Crippen LogP contribution is 2.31. The predicted octanol–water partition coefficient (Wildman–Crippen LogP) is 3.70. The first-order valence-corrected chi connectivity index (χ1v) is 10.7. The summed E-state index contributed by atoms with van der Waals surface area (Å²) >= 11 is 1.14. The number of nitrogens with zero attached hydrogens (tertiary/aromatic N) is 2. The maximum atomic E-state index is 13.0. The Kier molecular flexibility index (Phi) is 6.08. The zero-order valence-corrected chi connectivity index (χ0v) is 17.9. The van der Waals surface area contributed by atoms with E-state index in [4.69, 9.17) is 9.26 Å². The van der Waals surface area contributed by atoms with Crippen molar-refractivity contribution >= 4 is 34.1 Å². The van der Waals surface area contributed by atoms with Gasteiger partial charge in [0.1, 0.15) is 5.75 Å². The number of amides is 1. The van der Waals surface area contributed by atoms with Gasteiger partial charge in [-0.2, -0.15) is 0 Å². The lowest BCUT2D eigenvalue weighted by atomic mass is 10.1. The van der Waals surface area contributed by atoms with E-state index in [1.54, 1.807) is 31.4 Å². The van der Waals surface area contributed by atoms with Crippen molar-refractivity contribution in [2.45, 2.75) is 23.6 Å². The molecule has 0 radical (unpaired) electrons. The minimum Gasteiger partial charge on any atom is -0.538 e. The van der Waals surface area contributed by atoms with Gasteiger partial charge < -0.3 is 19.7 Å². The number of nitrogens with one attached hydrogen (secondary N) is 1. The number of fused-ring (bicyclic) bond motifs is 1. The van der Waals surface area contributed by atoms with Crippen molar-refractivity contribution in [2.75, 3.05) is 12.4 Å². The fraction of sp³-hybridized carbons (Fsp3) is 0.174. The highest BCUT2D eigenvalue weighted by Gasteiger charge is 2.28. The van der Waals surface area contributed by atoms with Gasteiger partial charge in [0.25, 0.3) is 5.03 Å². The second-order valence-electron chi connectivity index (χ2n) is 6.81. The fourth-order valence-electron chi connectivity index (χ4n) is 3.23. The zero-order valence-electron chi connectivity index (χ0n) is 17.1. The van der Waals surface area contributed by atoms with Crippen LogP contribution in [0.2, 0.25) is 0 Å². The Hall–Kier alpha value is -3.52. The van der Waals surface area contributed by atoms with Crippen molar-refractivity contribution in [1.29, 1.82) is 0 Å². The van der Waals surface area contributed by atoms with Gasteiger partial charge in [0.15, 0.2) is 5.95 Å². The van der Waals surface area contributed by atoms with Gasteiger partial charge in [-0.3, -0.25) is 4.79 Å². The smallest absolute Gasteiger partial charge is 0.298 e. The second kappa shape index (κ2) is 9.09. The summed E-state index contributed by atoms with van der Waals surface area (Å²) in [7, 11) is 1.58. The van der Waals surface area contributed by atoms with E-state index in [0.717, 1.165) is 28.2 Å². The van der Waals surface area contributed by atoms with Gasteiger partial charge in [0, 0.05) is 23.2 Å². The Morgan fingerprint density at radius 1 is 1.16 bits per heavy atom. The number of carbonyl (C=O) groups excluding carboxylic acids is 1. The second-order valence-corrected chi connectivity index (χ2v) is 8.00. The molecule has 8 heteroatoms. The van der Waals surface area contributed by atoms with Crippen LogP contribution in [0, 0.1) is 0 Å². The first kappa shape index (κ1) is 20.7. The summed E-state index contributed by atoms with van der Waals surface area (Å²) in [5.41, 5.74) is 1.37. The van der Waals surface area contributed by atoms with Gasteiger partial charge in [-0.25, -0.2) is 0 Å². The number of thioether (sulfide) groups is 1. The lowest BCUT2D eigenvalue weighted by molar-refractivity contribution is -0.705. The molecule has 3 aromatic carbocycles. The predicted molar refractivity (Wildman–Crippen MR) is 117 cm³/mol. The molecule has 31 heavy (non-hydrogen) atoms. The average molecular weight is 436 g/mol. The Balaban J connectivity index is 1.58. The van der Waals surface area contributed by atoms with Crippen LogP contribution in [0.5, 0.6) is 11.7 Å². The summed E-state index contributed by atoms with van der Waals surface area (Å²) in [5, 5.41) is 20.9. The van der Waals surface area contributed by atoms with Crippen LogP contribution < -0.4 is 19.8 Å². The fourth-order valence-corrected chi connectivity index (χ4v) is 4.21. The molecule has 4 rings (SSSR count). The topological polar surface area (TPSA) is 91.3 Å². The molecule has 7 nitrogen and oxygen atoms in total. The summed E-state index contributed by atoms with van der Waals surface area (Å²) in [4.78, 5) is 13.0. The molecule has 0 aliphatic heterocycles. The molecule has 1 amide bonds. The number of carbonyl (C=O) groups is 1. The summed E-state index contributed by atoms with van der Waals surface area (Å²) in [5.74, 6) is -0.0896. The van der Waals surface area contributed by atoms with Crippen LogP contribution in [0.3, 0.4) is 0 Å². The van der Waals surface area contributed by atoms with E-state index in [1.165, 1.54) is 4.68 Å². The van der Waals surface area contributed by atoms with Gasteiger partial charge in [-0.05, 0) is 46.4 Å². The van der Waals surface area contributed by atoms with E-state index in [0.29, 0.717) is 17.9 Å². The Morgan fingerprint density at radius 2 is 1.90 bits per heavy atom. The first-order chi connectivity index (χ1) is 15.1. The van der Waals surface area contributed by atoms with Crippen LogP contribution in [0.1, 0.15) is 13.3 Å². The minimum absolute atomic E-state index is 0.189. The van der Waals surface area contributed by atoms with Gasteiger partial charge >= 0.3 is 0 Å². The van der Waals surface area contributed by atoms with Crippen LogP contribution in [-0.2, 0) is 4.79 Å². The van der Waals surface area contributed by atoms with E-state index >= 15 is 0 Å². The van der Waals surface area contributed by atoms with Gasteiger partial charge in [0.2, 0.25) is 11.6 Å². The molecule has 1 unspecified atom stereocenters. The molecule has 0 aliphatic carbocycles. The molecule has 158 valence electrons. The number of ether oxygens (including phenoxy) is 1. The van der Waals surface area contributed by atoms with Crippen LogP contribution in [0.15, 0.2) is 76.3 Å². The van der Waals surface area contributed by atoms with Crippen LogP contribution in [-0.4, -0.2) is 23.5 Å². The minimum atomic E-state index is -0.586. The van der Waals surface area contributed by atoms with Crippen molar-refractivity contribution in [2.24, 2.45) is 0 Å². The highest BCUT2D eigenvalue weighted by molar-refractivity contribution is 8.00. The standard InChI is InChI=1S/C23H21N3O4S/c1-3-20(21(27)24-19-10-6-8-15-7-4-5-9-18(15)19)31-22-23(28)30-25-26(22)16-11-13-17(29-2)14-12-16/h4-14,20H,3H2,1-2H3,(H-,24,25,27,28). The Morgan fingerprint density at radius 3 is 2.65 bits per heavy atom. The molecular formula is C23H21N3O4S. The summed E-state index contributed by atoms with van der Waals surface area (Å²) in [6.07, 6.45) is 0.522. The molecule has 1 atom stereocenters. The molecule has 0 saturated carbocycles. The summed E-state index contributed by atoms with van der Waals surface area (Å²) < 4.78 is 11.5. The molecule has 1 N–H and O–H groups in total. The zero-order chi connectivity index (χ0) is 21.8. The van der Waals surface area contributed by atoms with E-state index in [-0.39, 0.29) is 10.9 Å². The third kappa shape index (κ3) is 4.34. The van der Waals surface area contributed by atoms with Crippen molar-refractivity contribution in [3.8, 4) is 17.4 Å². The van der Waals surface area contributed by atoms with Crippen LogP contribution >= 0.6 is 11.8 Å². The molecule has 0 aliphatic rings. The largest absolute Gasteiger partial charge is 0.538 e. The number of methoxy groups -OCH3 is 1. The maximum Gasteiger partial charge on any atom is 0.298 e. The average Bonchev–Trinajstić information content (AvgIpc) is 3.17. The maximum absolute atomic E-state index is 13.0. The van der Waals surface area contributed by atoms with Crippen molar-refractivity contribution in [3.05, 3.63) is 66.7 Å². The van der Waals surface area contributed by atoms with Crippen LogP contribution in [0.4, 0.5) is 5.69 Å². The number of hydrogen-bond donors (Lipinski definition) is 1. The van der Waals surface area contributed by atoms with Crippen molar-refractivity contribution in [3.63, 3.8) is 0 Å². The van der Waals surface area contributed by atoms with Crippen molar-refractivity contribution < 1.29 is 23.8 Å². The molecule has 0 spiro atoms. The number of benzene rings is 3. The van der Waals surface area contributed by atoms with Gasteiger partial charge in [-0.15, -0.1) is 0 Å². The molecule has 1 aromatic heterocycles. The number of anilines is 1. The van der Waals surface area contributed by atoms with E-state index in [2.05, 4.69) is 10.6 Å². The quantitative estimate of drug-likeness (QED) is 0.352. The molecule has 1 heterocycles. The SMILES string of the molecule is CCC(Sc1c([O-])on[n+]1-c1ccc(OC)cc1)C(=O)Nc1cccc2ccccc12. The lowest BCUT2D eigenvalue weighted by Crippen LogP contribution is -2.36. The lowest BCUT2D eigenvalue weighted by Gasteiger charge is -2.14. The van der Waals surface area contributed by atoms with Crippen molar-refractivity contribution in [1.82, 2.24) is 5.27 Å². The third-order valence-electron chi connectivity index (χ3n) is 4.85. The van der Waals surface area contributed by atoms with Gasteiger partial charge in [-0.1, -0.05) is 43.3 Å². The number of aromatic nitrogens is 2. The molecule has 0 saturated heterocycles. The molecule has 0 bridgehead atoms. The monoisotopic (exact) mass is 435 g/mol. The summed E-state index contributed by atoms with van der Waals surface area (Å²) in [6.45, 7) is 1.90.